The molecule has 2 aromatic rings. The normalized spacial score (nSPS) is 9.57. The molecular weight excluding hydrogens is 276 g/mol. The van der Waals surface area contributed by atoms with E-state index in [1.807, 2.05) is 4.98 Å². The van der Waals surface area contributed by atoms with Crippen LogP contribution in [-0.2, 0) is 0 Å². The average Bonchev–Trinajstić information content (AvgIpc) is 2.45. The first-order valence-electron chi connectivity index (χ1n) is 5.79. The summed E-state index contributed by atoms with van der Waals surface area (Å²) in [5, 5.41) is 11.0. The summed E-state index contributed by atoms with van der Waals surface area (Å²) in [6.07, 6.45) is 2.44. The van der Waals surface area contributed by atoms with Crippen molar-refractivity contribution in [3.63, 3.8) is 0 Å². The molecule has 4 N–H and O–H groups in total. The average molecular weight is 286 g/mol. The molecule has 1 amide bonds. The molecule has 2 rings (SSSR count). The number of aliphatic hydroxyl groups is 1. The van der Waals surface area contributed by atoms with Gasteiger partial charge < -0.3 is 15.4 Å². The first-order valence-corrected chi connectivity index (χ1v) is 5.79. The van der Waals surface area contributed by atoms with Gasteiger partial charge in [0, 0.05) is 18.0 Å². The van der Waals surface area contributed by atoms with Gasteiger partial charge in [0.25, 0.3) is 11.5 Å². The number of anilines is 1. The van der Waals surface area contributed by atoms with Crippen molar-refractivity contribution in [3.05, 3.63) is 56.5 Å². The van der Waals surface area contributed by atoms with Gasteiger partial charge in [0.1, 0.15) is 18.0 Å². The van der Waals surface area contributed by atoms with Crippen LogP contribution < -0.4 is 16.6 Å². The van der Waals surface area contributed by atoms with Crippen molar-refractivity contribution in [2.24, 2.45) is 0 Å². The Morgan fingerprint density at radius 3 is 2.95 bits per heavy atom. The van der Waals surface area contributed by atoms with Crippen LogP contribution in [0.2, 0.25) is 0 Å². The van der Waals surface area contributed by atoms with Crippen LogP contribution in [0.5, 0.6) is 0 Å². The SMILES string of the molecule is O=C(Nc1cc(C#CCO)ccn1)c1c[nH]c(=O)[nH]c1=O. The molecule has 0 aliphatic carbocycles. The molecule has 8 heteroatoms. The van der Waals surface area contributed by atoms with Crippen LogP contribution in [0.25, 0.3) is 0 Å². The molecule has 21 heavy (non-hydrogen) atoms. The van der Waals surface area contributed by atoms with Gasteiger partial charge in [-0.2, -0.15) is 0 Å². The fraction of sp³-hybridized carbons (Fsp3) is 0.0769. The Morgan fingerprint density at radius 2 is 2.24 bits per heavy atom. The Labute approximate surface area is 117 Å². The topological polar surface area (TPSA) is 128 Å². The zero-order chi connectivity index (χ0) is 15.2. The van der Waals surface area contributed by atoms with Crippen LogP contribution >= 0.6 is 0 Å². The number of nitrogens with one attached hydrogen (secondary N) is 3. The van der Waals surface area contributed by atoms with E-state index in [4.69, 9.17) is 5.11 Å². The highest BCUT2D eigenvalue weighted by Gasteiger charge is 2.11. The van der Waals surface area contributed by atoms with E-state index in [1.54, 1.807) is 6.07 Å². The van der Waals surface area contributed by atoms with Crippen LogP contribution in [0, 0.1) is 11.8 Å². The molecule has 2 heterocycles. The first-order chi connectivity index (χ1) is 10.1. The predicted molar refractivity (Wildman–Crippen MR) is 73.8 cm³/mol. The number of rotatable bonds is 2. The molecule has 0 atom stereocenters. The molecular formula is C13H10N4O4. The molecule has 0 fully saturated rings. The molecule has 2 aromatic heterocycles. The van der Waals surface area contributed by atoms with Crippen molar-refractivity contribution >= 4 is 11.7 Å². The lowest BCUT2D eigenvalue weighted by atomic mass is 10.2. The smallest absolute Gasteiger partial charge is 0.325 e. The van der Waals surface area contributed by atoms with Gasteiger partial charge in [-0.1, -0.05) is 11.8 Å². The third-order valence-electron chi connectivity index (χ3n) is 2.38. The number of carbonyl (C=O) groups excluding carboxylic acids is 1. The third-order valence-corrected chi connectivity index (χ3v) is 2.38. The maximum absolute atomic E-state index is 11.9. The summed E-state index contributed by atoms with van der Waals surface area (Å²) < 4.78 is 0. The fourth-order valence-electron chi connectivity index (χ4n) is 1.48. The number of hydrogen-bond acceptors (Lipinski definition) is 5. The van der Waals surface area contributed by atoms with Gasteiger partial charge in [-0.05, 0) is 12.1 Å². The maximum atomic E-state index is 11.9. The van der Waals surface area contributed by atoms with Crippen LogP contribution in [0.1, 0.15) is 15.9 Å². The minimum Gasteiger partial charge on any atom is -0.384 e. The van der Waals surface area contributed by atoms with Crippen molar-refractivity contribution in [2.45, 2.75) is 0 Å². The molecule has 0 saturated carbocycles. The van der Waals surface area contributed by atoms with Crippen LogP contribution in [0.15, 0.2) is 34.1 Å². The maximum Gasteiger partial charge on any atom is 0.325 e. The summed E-state index contributed by atoms with van der Waals surface area (Å²) in [6.45, 7) is -0.281. The second-order valence-electron chi connectivity index (χ2n) is 3.83. The minimum absolute atomic E-state index is 0.190. The first kappa shape index (κ1) is 14.2. The summed E-state index contributed by atoms with van der Waals surface area (Å²) in [6, 6.07) is 3.09. The van der Waals surface area contributed by atoms with Gasteiger partial charge in [-0.15, -0.1) is 0 Å². The largest absolute Gasteiger partial charge is 0.384 e. The number of amides is 1. The molecule has 0 saturated heterocycles. The van der Waals surface area contributed by atoms with Crippen LogP contribution in [-0.4, -0.2) is 32.6 Å². The van der Waals surface area contributed by atoms with Crippen molar-refractivity contribution in [1.82, 2.24) is 15.0 Å². The molecule has 0 unspecified atom stereocenters. The molecule has 0 aliphatic rings. The van der Waals surface area contributed by atoms with Gasteiger partial charge >= 0.3 is 5.69 Å². The second kappa shape index (κ2) is 6.31. The lowest BCUT2D eigenvalue weighted by molar-refractivity contribution is 0.102. The van der Waals surface area contributed by atoms with E-state index in [2.05, 4.69) is 27.1 Å². The van der Waals surface area contributed by atoms with E-state index in [0.717, 1.165) is 6.20 Å². The standard InChI is InChI=1S/C13H10N4O4/c18-5-1-2-8-3-4-14-10(6-8)16-11(19)9-7-15-13(21)17-12(9)20/h3-4,6-7,18H,5H2,(H,14,16,19)(H2,15,17,20,21). The van der Waals surface area contributed by atoms with Crippen molar-refractivity contribution < 1.29 is 9.90 Å². The summed E-state index contributed by atoms with van der Waals surface area (Å²) in [5.41, 5.74) is -1.20. The van der Waals surface area contributed by atoms with Gasteiger partial charge in [-0.3, -0.25) is 14.6 Å². The van der Waals surface area contributed by atoms with Crippen molar-refractivity contribution in [2.75, 3.05) is 11.9 Å². The van der Waals surface area contributed by atoms with E-state index in [0.29, 0.717) is 5.56 Å². The quantitative estimate of drug-likeness (QED) is 0.529. The molecule has 0 radical (unpaired) electrons. The number of aromatic nitrogens is 3. The van der Waals surface area contributed by atoms with E-state index in [9.17, 15) is 14.4 Å². The highest BCUT2D eigenvalue weighted by molar-refractivity contribution is 6.03. The Kier molecular flexibility index (Phi) is 4.28. The number of nitrogens with zero attached hydrogens (tertiary/aromatic N) is 1. The van der Waals surface area contributed by atoms with Crippen LogP contribution in [0.4, 0.5) is 5.82 Å². The van der Waals surface area contributed by atoms with Gasteiger partial charge in [-0.25, -0.2) is 9.78 Å². The van der Waals surface area contributed by atoms with Crippen molar-refractivity contribution in [3.8, 4) is 11.8 Å². The molecule has 0 spiro atoms. The number of H-pyrrole nitrogens is 2. The third kappa shape index (κ3) is 3.65. The lowest BCUT2D eigenvalue weighted by Gasteiger charge is -2.03. The number of carbonyl (C=O) groups is 1. The number of hydrogen-bond donors (Lipinski definition) is 4. The fourth-order valence-corrected chi connectivity index (χ4v) is 1.48. The molecule has 8 nitrogen and oxygen atoms in total. The summed E-state index contributed by atoms with van der Waals surface area (Å²) in [7, 11) is 0. The van der Waals surface area contributed by atoms with E-state index in [-0.39, 0.29) is 18.0 Å². The zero-order valence-electron chi connectivity index (χ0n) is 10.6. The second-order valence-corrected chi connectivity index (χ2v) is 3.83. The Hall–Kier alpha value is -3.18. The highest BCUT2D eigenvalue weighted by atomic mass is 16.2. The summed E-state index contributed by atoms with van der Waals surface area (Å²) >= 11 is 0. The van der Waals surface area contributed by atoms with Gasteiger partial charge in [0.05, 0.1) is 0 Å². The van der Waals surface area contributed by atoms with Gasteiger partial charge in [0.2, 0.25) is 0 Å². The Balaban J connectivity index is 2.23. The Morgan fingerprint density at radius 1 is 1.43 bits per heavy atom. The molecule has 0 aromatic carbocycles. The van der Waals surface area contributed by atoms with Gasteiger partial charge in [0.15, 0.2) is 0 Å². The summed E-state index contributed by atoms with van der Waals surface area (Å²) in [4.78, 5) is 42.3. The monoisotopic (exact) mass is 286 g/mol. The Bertz CT molecular complexity index is 841. The number of pyridine rings is 1. The lowest BCUT2D eigenvalue weighted by Crippen LogP contribution is -2.29. The molecule has 0 bridgehead atoms. The van der Waals surface area contributed by atoms with Crippen LogP contribution in [0.3, 0.4) is 0 Å². The summed E-state index contributed by atoms with van der Waals surface area (Å²) in [5.74, 6) is 4.60. The zero-order valence-corrected chi connectivity index (χ0v) is 10.6. The van der Waals surface area contributed by atoms with E-state index in [1.165, 1.54) is 12.3 Å². The van der Waals surface area contributed by atoms with Crippen molar-refractivity contribution in [1.29, 1.82) is 0 Å². The molecule has 106 valence electrons. The minimum atomic E-state index is -0.799. The molecule has 0 aliphatic heterocycles. The van der Waals surface area contributed by atoms with E-state index >= 15 is 0 Å². The highest BCUT2D eigenvalue weighted by Crippen LogP contribution is 2.06. The number of aromatic amines is 2. The number of aliphatic hydroxyl groups excluding tert-OH is 1. The van der Waals surface area contributed by atoms with E-state index < -0.39 is 17.2 Å². The predicted octanol–water partition coefficient (Wildman–Crippen LogP) is -0.946.